The number of thiophene rings is 1. The van der Waals surface area contributed by atoms with Crippen LogP contribution in [0.2, 0.25) is 0 Å². The van der Waals surface area contributed by atoms with Crippen LogP contribution in [0.3, 0.4) is 0 Å². The normalized spacial score (nSPS) is 16.4. The molecule has 1 aromatic carbocycles. The molecule has 0 radical (unpaired) electrons. The van der Waals surface area contributed by atoms with Gasteiger partial charge in [-0.15, -0.1) is 11.3 Å². The van der Waals surface area contributed by atoms with E-state index < -0.39 is 0 Å². The summed E-state index contributed by atoms with van der Waals surface area (Å²) in [5.41, 5.74) is 3.16. The average Bonchev–Trinajstić information content (AvgIpc) is 3.30. The molecule has 0 unspecified atom stereocenters. The quantitative estimate of drug-likeness (QED) is 0.587. The second kappa shape index (κ2) is 6.94. The van der Waals surface area contributed by atoms with Crippen LogP contribution in [-0.2, 0) is 6.54 Å². The van der Waals surface area contributed by atoms with E-state index in [0.717, 1.165) is 50.1 Å². The number of pyridine rings is 1. The maximum Gasteiger partial charge on any atom is 0.326 e. The summed E-state index contributed by atoms with van der Waals surface area (Å²) in [6, 6.07) is 12.2. The number of aromatic nitrogens is 3. The first kappa shape index (κ1) is 16.7. The molecule has 27 heavy (non-hydrogen) atoms. The van der Waals surface area contributed by atoms with Crippen LogP contribution < -0.4 is 5.69 Å². The van der Waals surface area contributed by atoms with Crippen molar-refractivity contribution in [2.75, 3.05) is 19.6 Å². The van der Waals surface area contributed by atoms with E-state index in [1.807, 2.05) is 35.0 Å². The van der Waals surface area contributed by atoms with Crippen molar-refractivity contribution in [2.45, 2.75) is 25.3 Å². The zero-order valence-corrected chi connectivity index (χ0v) is 15.9. The van der Waals surface area contributed by atoms with Crippen molar-refractivity contribution >= 4 is 32.5 Å². The van der Waals surface area contributed by atoms with Crippen LogP contribution in [0.15, 0.2) is 52.8 Å². The first-order valence-corrected chi connectivity index (χ1v) is 10.4. The minimum atomic E-state index is -0.0144. The number of hydrogen-bond acceptors (Lipinski definition) is 4. The van der Waals surface area contributed by atoms with Gasteiger partial charge in [0.2, 0.25) is 0 Å². The molecule has 0 atom stereocenters. The molecule has 4 heterocycles. The number of rotatable bonds is 4. The Morgan fingerprint density at radius 2 is 1.96 bits per heavy atom. The lowest BCUT2D eigenvalue weighted by atomic mass is 9.91. The Bertz CT molecular complexity index is 1130. The summed E-state index contributed by atoms with van der Waals surface area (Å²) in [5, 5.41) is 3.48. The third-order valence-corrected chi connectivity index (χ3v) is 6.59. The molecular weight excluding hydrogens is 356 g/mol. The lowest BCUT2D eigenvalue weighted by Gasteiger charge is -2.32. The van der Waals surface area contributed by atoms with Gasteiger partial charge in [-0.05, 0) is 55.6 Å². The number of para-hydroxylation sites is 2. The van der Waals surface area contributed by atoms with Crippen LogP contribution in [0.5, 0.6) is 0 Å². The summed E-state index contributed by atoms with van der Waals surface area (Å²) in [6.45, 7) is 3.75. The van der Waals surface area contributed by atoms with Crippen LogP contribution in [0, 0.1) is 0 Å². The third kappa shape index (κ3) is 3.09. The molecule has 6 heteroatoms. The monoisotopic (exact) mass is 378 g/mol. The fraction of sp³-hybridized carbons (Fsp3) is 0.333. The molecule has 138 valence electrons. The molecule has 0 aliphatic carbocycles. The topological polar surface area (TPSA) is 53.9 Å². The van der Waals surface area contributed by atoms with E-state index >= 15 is 0 Å². The van der Waals surface area contributed by atoms with E-state index in [0.29, 0.717) is 5.92 Å². The Hall–Kier alpha value is -2.44. The molecule has 0 saturated carbocycles. The number of piperidine rings is 1. The lowest BCUT2D eigenvalue weighted by molar-refractivity contribution is 0.204. The van der Waals surface area contributed by atoms with Crippen LogP contribution in [0.1, 0.15) is 24.5 Å². The highest BCUT2D eigenvalue weighted by Gasteiger charge is 2.23. The molecule has 1 fully saturated rings. The van der Waals surface area contributed by atoms with Crippen molar-refractivity contribution in [1.29, 1.82) is 0 Å². The maximum atomic E-state index is 12.2. The first-order chi connectivity index (χ1) is 13.3. The minimum absolute atomic E-state index is 0.0144. The Labute approximate surface area is 161 Å². The van der Waals surface area contributed by atoms with E-state index in [-0.39, 0.29) is 5.69 Å². The number of H-pyrrole nitrogens is 1. The van der Waals surface area contributed by atoms with Gasteiger partial charge in [0.15, 0.2) is 0 Å². The second-order valence-electron chi connectivity index (χ2n) is 7.24. The number of nitrogens with one attached hydrogen (secondary N) is 1. The Morgan fingerprint density at radius 1 is 1.11 bits per heavy atom. The van der Waals surface area contributed by atoms with Crippen molar-refractivity contribution in [3.05, 3.63) is 64.2 Å². The van der Waals surface area contributed by atoms with Crippen LogP contribution in [0.25, 0.3) is 21.1 Å². The number of fused-ring (bicyclic) bond motifs is 2. The molecule has 1 aliphatic rings. The minimum Gasteiger partial charge on any atom is -0.306 e. The molecule has 0 spiro atoms. The fourth-order valence-electron chi connectivity index (χ4n) is 4.24. The smallest absolute Gasteiger partial charge is 0.306 e. The molecule has 0 bridgehead atoms. The van der Waals surface area contributed by atoms with E-state index in [4.69, 9.17) is 4.98 Å². The Morgan fingerprint density at radius 3 is 2.85 bits per heavy atom. The second-order valence-corrected chi connectivity index (χ2v) is 8.19. The Balaban J connectivity index is 1.25. The molecule has 0 amide bonds. The zero-order valence-electron chi connectivity index (χ0n) is 15.1. The summed E-state index contributed by atoms with van der Waals surface area (Å²) in [5.74, 6) is 0.537. The van der Waals surface area contributed by atoms with Gasteiger partial charge in [0.1, 0.15) is 0 Å². The molecule has 3 aromatic heterocycles. The predicted octanol–water partition coefficient (Wildman–Crippen LogP) is 3.82. The standard InChI is InChI=1S/C21H22N4OS/c26-21-23-17-3-1-2-4-18(17)25(21)13-12-24-10-6-15(7-11-24)20-16-8-14-27-19(16)5-9-22-20/h1-5,8-9,14-15H,6-7,10-13H2,(H,23,26). The molecule has 5 rings (SSSR count). The van der Waals surface area contributed by atoms with Crippen molar-refractivity contribution in [3.8, 4) is 0 Å². The SMILES string of the molecule is O=c1[nH]c2ccccc2n1CCN1CCC(c2nccc3sccc23)CC1. The highest BCUT2D eigenvalue weighted by molar-refractivity contribution is 7.17. The van der Waals surface area contributed by atoms with Gasteiger partial charge in [-0.2, -0.15) is 0 Å². The fourth-order valence-corrected chi connectivity index (χ4v) is 5.03. The number of imidazole rings is 1. The van der Waals surface area contributed by atoms with Crippen molar-refractivity contribution in [3.63, 3.8) is 0 Å². The van der Waals surface area contributed by atoms with Crippen LogP contribution in [0.4, 0.5) is 0 Å². The summed E-state index contributed by atoms with van der Waals surface area (Å²) in [4.78, 5) is 22.3. The molecule has 4 aromatic rings. The van der Waals surface area contributed by atoms with Crippen LogP contribution >= 0.6 is 11.3 Å². The van der Waals surface area contributed by atoms with E-state index in [1.54, 1.807) is 11.3 Å². The van der Waals surface area contributed by atoms with Gasteiger partial charge >= 0.3 is 5.69 Å². The Kier molecular flexibility index (Phi) is 4.30. The molecule has 1 saturated heterocycles. The lowest BCUT2D eigenvalue weighted by Crippen LogP contribution is -2.36. The van der Waals surface area contributed by atoms with Crippen LogP contribution in [-0.4, -0.2) is 39.1 Å². The van der Waals surface area contributed by atoms with Gasteiger partial charge in [-0.25, -0.2) is 4.79 Å². The first-order valence-electron chi connectivity index (χ1n) is 9.51. The van der Waals surface area contributed by atoms with Gasteiger partial charge < -0.3 is 9.88 Å². The highest BCUT2D eigenvalue weighted by atomic mass is 32.1. The van der Waals surface area contributed by atoms with E-state index in [2.05, 4.69) is 27.4 Å². The number of aromatic amines is 1. The highest BCUT2D eigenvalue weighted by Crippen LogP contribution is 2.33. The number of benzene rings is 1. The van der Waals surface area contributed by atoms with Crippen molar-refractivity contribution < 1.29 is 0 Å². The summed E-state index contributed by atoms with van der Waals surface area (Å²) in [6.07, 6.45) is 4.21. The molecular formula is C21H22N4OS. The van der Waals surface area contributed by atoms with Gasteiger partial charge in [-0.1, -0.05) is 12.1 Å². The number of hydrogen-bond donors (Lipinski definition) is 1. The van der Waals surface area contributed by atoms with Gasteiger partial charge in [-0.3, -0.25) is 9.55 Å². The van der Waals surface area contributed by atoms with E-state index in [1.165, 1.54) is 15.8 Å². The summed E-state index contributed by atoms with van der Waals surface area (Å²) < 4.78 is 3.19. The van der Waals surface area contributed by atoms with E-state index in [9.17, 15) is 4.79 Å². The number of nitrogens with zero attached hydrogens (tertiary/aromatic N) is 3. The van der Waals surface area contributed by atoms with Crippen molar-refractivity contribution in [2.24, 2.45) is 0 Å². The zero-order chi connectivity index (χ0) is 18.2. The molecule has 5 nitrogen and oxygen atoms in total. The predicted molar refractivity (Wildman–Crippen MR) is 111 cm³/mol. The van der Waals surface area contributed by atoms with Gasteiger partial charge in [0.25, 0.3) is 0 Å². The number of likely N-dealkylation sites (tertiary alicyclic amines) is 1. The summed E-state index contributed by atoms with van der Waals surface area (Å²) >= 11 is 1.79. The summed E-state index contributed by atoms with van der Waals surface area (Å²) in [7, 11) is 0. The van der Waals surface area contributed by atoms with Gasteiger partial charge in [0.05, 0.1) is 16.7 Å². The largest absolute Gasteiger partial charge is 0.326 e. The molecule has 1 aliphatic heterocycles. The average molecular weight is 379 g/mol. The maximum absolute atomic E-state index is 12.2. The molecule has 1 N–H and O–H groups in total. The van der Waals surface area contributed by atoms with Gasteiger partial charge in [0, 0.05) is 35.3 Å². The third-order valence-electron chi connectivity index (χ3n) is 5.71. The van der Waals surface area contributed by atoms with Crippen molar-refractivity contribution in [1.82, 2.24) is 19.4 Å².